The van der Waals surface area contributed by atoms with Crippen LogP contribution in [0.3, 0.4) is 0 Å². The lowest BCUT2D eigenvalue weighted by atomic mass is 9.92. The van der Waals surface area contributed by atoms with Crippen molar-refractivity contribution in [1.29, 1.82) is 0 Å². The molecule has 1 aromatic heterocycles. The summed E-state index contributed by atoms with van der Waals surface area (Å²) in [6.07, 6.45) is 0.742. The molecule has 4 aromatic rings. The van der Waals surface area contributed by atoms with E-state index in [1.165, 1.54) is 41.3 Å². The summed E-state index contributed by atoms with van der Waals surface area (Å²) < 4.78 is 81.6. The number of ether oxygens (including phenoxy) is 1. The van der Waals surface area contributed by atoms with E-state index < -0.39 is 48.3 Å². The van der Waals surface area contributed by atoms with Gasteiger partial charge in [0.2, 0.25) is 0 Å². The van der Waals surface area contributed by atoms with E-state index in [0.717, 1.165) is 19.4 Å². The maximum Gasteiger partial charge on any atom is 0.319 e. The van der Waals surface area contributed by atoms with Crippen molar-refractivity contribution in [3.63, 3.8) is 0 Å². The number of phenolic OH excluding ortho intramolecular Hbond substituents is 1. The molecule has 238 valence electrons. The highest BCUT2D eigenvalue weighted by Crippen LogP contribution is 2.43. The first kappa shape index (κ1) is 29.9. The zero-order chi connectivity index (χ0) is 31.7. The van der Waals surface area contributed by atoms with Gasteiger partial charge >= 0.3 is 6.01 Å². The number of anilines is 1. The fourth-order valence-electron chi connectivity index (χ4n) is 7.65. The summed E-state index contributed by atoms with van der Waals surface area (Å²) in [5, 5.41) is 11.7. The summed E-state index contributed by atoms with van der Waals surface area (Å²) in [4.78, 5) is 12.3. The minimum atomic E-state index is -3.10. The molecule has 3 aliphatic rings. The summed E-state index contributed by atoms with van der Waals surface area (Å²) in [6.45, 7) is 2.28. The third-order valence-electron chi connectivity index (χ3n) is 9.53. The molecule has 0 amide bonds. The van der Waals surface area contributed by atoms with Crippen molar-refractivity contribution in [3.8, 4) is 22.9 Å². The standard InChI is InChI=1S/C33H34F5N5O2/c1-2-22-26(35)7-4-18-10-21(44)11-25(27(18)22)23-5-6-24-29(28(23)36)40-31(41-30(24)42-15-20(39)13-33(37,38)16-42)45-17-32-8-3-9-43(32)14-19(34)12-32/h4-7,10-11,19-20,44H,2-3,8-9,12-17,39H2,1H3/t19-,20-,32+/m1/s1. The first-order chi connectivity index (χ1) is 21.5. The van der Waals surface area contributed by atoms with Gasteiger partial charge in [-0.15, -0.1) is 0 Å². The zero-order valence-electron chi connectivity index (χ0n) is 24.8. The molecule has 12 heteroatoms. The lowest BCUT2D eigenvalue weighted by Gasteiger charge is -2.37. The van der Waals surface area contributed by atoms with Gasteiger partial charge in [-0.1, -0.05) is 19.1 Å². The maximum atomic E-state index is 16.7. The molecule has 0 spiro atoms. The van der Waals surface area contributed by atoms with Gasteiger partial charge in [0.25, 0.3) is 5.92 Å². The van der Waals surface area contributed by atoms with Crippen LogP contribution in [-0.2, 0) is 6.42 Å². The summed E-state index contributed by atoms with van der Waals surface area (Å²) in [5.74, 6) is -4.45. The molecule has 0 bridgehead atoms. The molecule has 0 radical (unpaired) electrons. The number of aromatic nitrogens is 2. The Labute approximate surface area is 256 Å². The highest BCUT2D eigenvalue weighted by Gasteiger charge is 2.49. The maximum absolute atomic E-state index is 16.7. The van der Waals surface area contributed by atoms with Gasteiger partial charge < -0.3 is 20.5 Å². The van der Waals surface area contributed by atoms with Crippen LogP contribution in [0.15, 0.2) is 36.4 Å². The van der Waals surface area contributed by atoms with Crippen LogP contribution < -0.4 is 15.4 Å². The molecular weight excluding hydrogens is 593 g/mol. The Morgan fingerprint density at radius 2 is 1.89 bits per heavy atom. The molecule has 0 saturated carbocycles. The lowest BCUT2D eigenvalue weighted by Crippen LogP contribution is -2.53. The zero-order valence-corrected chi connectivity index (χ0v) is 24.8. The van der Waals surface area contributed by atoms with Gasteiger partial charge in [-0.2, -0.15) is 9.97 Å². The van der Waals surface area contributed by atoms with Crippen molar-refractivity contribution < 1.29 is 31.8 Å². The van der Waals surface area contributed by atoms with Crippen molar-refractivity contribution in [2.75, 3.05) is 37.7 Å². The van der Waals surface area contributed by atoms with E-state index in [1.807, 2.05) is 0 Å². The molecular formula is C33H34F5N5O2. The molecule has 7 rings (SSSR count). The lowest BCUT2D eigenvalue weighted by molar-refractivity contribution is -0.0173. The van der Waals surface area contributed by atoms with Crippen molar-refractivity contribution in [1.82, 2.24) is 14.9 Å². The Hall–Kier alpha value is -3.77. The van der Waals surface area contributed by atoms with Crippen molar-refractivity contribution in [3.05, 3.63) is 53.6 Å². The molecule has 0 aliphatic carbocycles. The van der Waals surface area contributed by atoms with Gasteiger partial charge in [0.15, 0.2) is 5.82 Å². The smallest absolute Gasteiger partial charge is 0.319 e. The van der Waals surface area contributed by atoms with Gasteiger partial charge in [0, 0.05) is 42.9 Å². The second kappa shape index (κ2) is 10.9. The molecule has 3 N–H and O–H groups in total. The second-order valence-electron chi connectivity index (χ2n) is 12.7. The molecule has 45 heavy (non-hydrogen) atoms. The van der Waals surface area contributed by atoms with Gasteiger partial charge in [0.1, 0.15) is 35.7 Å². The van der Waals surface area contributed by atoms with E-state index in [0.29, 0.717) is 35.7 Å². The number of nitrogens with two attached hydrogens (primary N) is 1. The number of nitrogens with zero attached hydrogens (tertiary/aromatic N) is 4. The Morgan fingerprint density at radius 3 is 2.67 bits per heavy atom. The SMILES string of the molecule is CCc1c(F)ccc2cc(O)cc(-c3ccc4c(N5C[C@H](N)CC(F)(F)C5)nc(OC[C@@]56CCCN5C[C@H](F)C6)nc4c3F)c12. The van der Waals surface area contributed by atoms with Gasteiger partial charge in [0.05, 0.1) is 12.1 Å². The predicted octanol–water partition coefficient (Wildman–Crippen LogP) is 6.12. The van der Waals surface area contributed by atoms with E-state index >= 15 is 4.39 Å². The summed E-state index contributed by atoms with van der Waals surface area (Å²) in [6, 6.07) is 7.61. The summed E-state index contributed by atoms with van der Waals surface area (Å²) >= 11 is 0. The molecule has 3 aromatic carbocycles. The average molecular weight is 628 g/mol. The largest absolute Gasteiger partial charge is 0.508 e. The fourth-order valence-corrected chi connectivity index (χ4v) is 7.65. The number of phenols is 1. The highest BCUT2D eigenvalue weighted by molar-refractivity contribution is 6.03. The van der Waals surface area contributed by atoms with Crippen LogP contribution in [0.4, 0.5) is 27.8 Å². The van der Waals surface area contributed by atoms with E-state index in [4.69, 9.17) is 10.5 Å². The van der Waals surface area contributed by atoms with Crippen LogP contribution in [0.1, 0.15) is 38.2 Å². The predicted molar refractivity (Wildman–Crippen MR) is 162 cm³/mol. The number of aryl methyl sites for hydroxylation is 1. The van der Waals surface area contributed by atoms with Crippen LogP contribution in [0.25, 0.3) is 32.8 Å². The van der Waals surface area contributed by atoms with E-state index in [1.54, 1.807) is 6.92 Å². The molecule has 3 aliphatic heterocycles. The number of aromatic hydroxyl groups is 1. The Kier molecular flexibility index (Phi) is 7.27. The van der Waals surface area contributed by atoms with Crippen molar-refractivity contribution in [2.45, 2.75) is 62.7 Å². The van der Waals surface area contributed by atoms with Crippen molar-refractivity contribution in [2.24, 2.45) is 5.73 Å². The number of rotatable bonds is 6. The van der Waals surface area contributed by atoms with E-state index in [9.17, 15) is 22.7 Å². The topological polar surface area (TPSA) is 87.7 Å². The number of alkyl halides is 3. The molecule has 3 fully saturated rings. The highest BCUT2D eigenvalue weighted by atomic mass is 19.3. The van der Waals surface area contributed by atoms with Gasteiger partial charge in [-0.25, -0.2) is 22.0 Å². The first-order valence-corrected chi connectivity index (χ1v) is 15.3. The molecule has 4 heterocycles. The van der Waals surface area contributed by atoms with Crippen LogP contribution in [0.2, 0.25) is 0 Å². The number of hydrogen-bond acceptors (Lipinski definition) is 7. The number of benzene rings is 3. The normalized spacial score (nSPS) is 24.9. The Morgan fingerprint density at radius 1 is 1.07 bits per heavy atom. The van der Waals surface area contributed by atoms with Crippen LogP contribution in [-0.4, -0.2) is 76.4 Å². The minimum absolute atomic E-state index is 0.0385. The third kappa shape index (κ3) is 5.21. The van der Waals surface area contributed by atoms with Crippen LogP contribution in [0, 0.1) is 11.6 Å². The summed E-state index contributed by atoms with van der Waals surface area (Å²) in [5.41, 5.74) is 5.94. The monoisotopic (exact) mass is 627 g/mol. The summed E-state index contributed by atoms with van der Waals surface area (Å²) in [7, 11) is 0. The third-order valence-corrected chi connectivity index (χ3v) is 9.53. The van der Waals surface area contributed by atoms with Crippen LogP contribution in [0.5, 0.6) is 11.8 Å². The van der Waals surface area contributed by atoms with Gasteiger partial charge in [-0.3, -0.25) is 4.90 Å². The Balaban J connectivity index is 1.39. The first-order valence-electron chi connectivity index (χ1n) is 15.3. The van der Waals surface area contributed by atoms with E-state index in [-0.39, 0.29) is 52.8 Å². The Bertz CT molecular complexity index is 1810. The minimum Gasteiger partial charge on any atom is -0.508 e. The number of piperidine rings is 1. The fraction of sp³-hybridized carbons (Fsp3) is 0.455. The van der Waals surface area contributed by atoms with Crippen molar-refractivity contribution >= 4 is 27.5 Å². The molecule has 0 unspecified atom stereocenters. The van der Waals surface area contributed by atoms with Crippen LogP contribution >= 0.6 is 0 Å². The average Bonchev–Trinajstić information content (AvgIpc) is 3.50. The number of halogens is 5. The molecule has 7 nitrogen and oxygen atoms in total. The second-order valence-corrected chi connectivity index (χ2v) is 12.7. The quantitative estimate of drug-likeness (QED) is 0.249. The molecule has 3 saturated heterocycles. The molecule has 3 atom stereocenters. The number of hydrogen-bond donors (Lipinski definition) is 2. The van der Waals surface area contributed by atoms with E-state index in [2.05, 4.69) is 14.9 Å². The number of fused-ring (bicyclic) bond motifs is 3. The van der Waals surface area contributed by atoms with Gasteiger partial charge in [-0.05, 0) is 72.0 Å².